The number of carbonyl (C=O) groups is 9. The van der Waals surface area contributed by atoms with Gasteiger partial charge in [-0.2, -0.15) is 0 Å². The van der Waals surface area contributed by atoms with Crippen LogP contribution in [0.5, 0.6) is 0 Å². The fourth-order valence-electron chi connectivity index (χ4n) is 8.62. The molecule has 0 aliphatic carbocycles. The molecule has 0 fully saturated rings. The third-order valence-corrected chi connectivity index (χ3v) is 12.7. The molecule has 5 heterocycles. The monoisotopic (exact) mass is 1050 g/mol. The van der Waals surface area contributed by atoms with Crippen molar-refractivity contribution in [1.82, 2.24) is 41.0 Å². The van der Waals surface area contributed by atoms with Gasteiger partial charge in [0.1, 0.15) is 37.8 Å². The zero-order chi connectivity index (χ0) is 54.6. The number of fused-ring (bicyclic) bond motifs is 5. The van der Waals surface area contributed by atoms with E-state index in [-0.39, 0.29) is 126 Å². The summed E-state index contributed by atoms with van der Waals surface area (Å²) in [6.45, 7) is 5.89. The van der Waals surface area contributed by atoms with E-state index in [1.54, 1.807) is 19.9 Å². The number of rotatable bonds is 28. The summed E-state index contributed by atoms with van der Waals surface area (Å²) in [5, 5.41) is 24.9. The predicted octanol–water partition coefficient (Wildman–Crippen LogP) is -0.631. The summed E-state index contributed by atoms with van der Waals surface area (Å²) in [4.78, 5) is 132. The minimum absolute atomic E-state index is 0.0120. The van der Waals surface area contributed by atoms with E-state index in [2.05, 4.69) is 26.6 Å². The van der Waals surface area contributed by atoms with Gasteiger partial charge in [-0.05, 0) is 55.4 Å². The van der Waals surface area contributed by atoms with Crippen LogP contribution in [0.3, 0.4) is 0 Å². The highest BCUT2D eigenvalue weighted by atomic mass is 19.1. The Labute approximate surface area is 429 Å². The summed E-state index contributed by atoms with van der Waals surface area (Å²) in [7, 11) is 0. The van der Waals surface area contributed by atoms with Crippen LogP contribution < -0.4 is 37.9 Å². The molecule has 8 amide bonds. The molecule has 25 heteroatoms. The number of halogens is 1. The second kappa shape index (κ2) is 25.6. The highest BCUT2D eigenvalue weighted by Gasteiger charge is 2.45. The predicted molar refractivity (Wildman–Crippen MR) is 262 cm³/mol. The molecule has 0 saturated heterocycles. The fraction of sp³-hybridized carbons (Fsp3) is 0.500. The van der Waals surface area contributed by atoms with Gasteiger partial charge in [0.15, 0.2) is 5.60 Å². The third kappa shape index (κ3) is 14.2. The number of aryl methyl sites for hydroxylation is 1. The molecule has 0 spiro atoms. The van der Waals surface area contributed by atoms with E-state index in [0.29, 0.717) is 33.5 Å². The average molecular weight is 1050 g/mol. The number of nitrogens with zero attached hydrogens (tertiary/aromatic N) is 3. The summed E-state index contributed by atoms with van der Waals surface area (Å²) in [5.74, 6) is -6.13. The number of ether oxygens (including phenoxy) is 4. The SMILES string of the molecule is CC[C@@]1(O)C(=O)OCc2c1cc1n(c2=O)Cc2c-1nc1cc(F)c(C)cc1c2CNC(=O)COCNC(=O)[C@H](CCC(N)=O)NC(=O)[C@H](CC(C)C)NC(=O)CCOCCOCCNC(=O)CCN1C(=O)C=CC1=O. The lowest BCUT2D eigenvalue weighted by Gasteiger charge is -2.31. The quantitative estimate of drug-likeness (QED) is 0.0161. The van der Waals surface area contributed by atoms with Gasteiger partial charge < -0.3 is 60.9 Å². The fourth-order valence-corrected chi connectivity index (χ4v) is 8.62. The number of amides is 8. The Balaban J connectivity index is 0.962. The number of imide groups is 1. The number of aliphatic hydroxyl groups is 1. The molecular formula is C50H62FN9O15. The average Bonchev–Trinajstić information content (AvgIpc) is 3.90. The minimum Gasteiger partial charge on any atom is -0.458 e. The molecule has 0 radical (unpaired) electrons. The smallest absolute Gasteiger partial charge is 0.343 e. The summed E-state index contributed by atoms with van der Waals surface area (Å²) < 4.78 is 37.9. The molecule has 0 bridgehead atoms. The maximum absolute atomic E-state index is 14.9. The Bertz CT molecular complexity index is 2820. The maximum Gasteiger partial charge on any atom is 0.343 e. The zero-order valence-electron chi connectivity index (χ0n) is 42.1. The van der Waals surface area contributed by atoms with Crippen molar-refractivity contribution in [2.45, 2.75) is 104 Å². The number of hydrogen-bond donors (Lipinski definition) is 7. The first-order valence-electron chi connectivity index (χ1n) is 24.5. The van der Waals surface area contributed by atoms with E-state index in [1.807, 2.05) is 13.8 Å². The molecule has 3 atom stereocenters. The standard InChI is InChI=1S/C50H62FN9O15/c1-5-50(71)33-20-38-45-31(23-60(38)48(69)32(33)24-75-49(50)70)30(29-19-28(4)34(51)21-36(29)57-45)22-54-42(64)25-74-26-55-46(67)35(6-7-39(52)61)58-47(68)37(18-27(2)3)56-41(63)11-14-72-16-17-73-15-12-53-40(62)10-13-59-43(65)8-9-44(59)66/h8-9,19-21,27,35,37,71H,5-7,10-18,22-26H2,1-4H3,(H2,52,61)(H,53,62)(H,54,64)(H,55,67)(H,56,63)(H,58,68)/t35-,37-,50-/m0/s1. The van der Waals surface area contributed by atoms with Crippen molar-refractivity contribution in [2.75, 3.05) is 52.9 Å². The molecule has 0 unspecified atom stereocenters. The van der Waals surface area contributed by atoms with Gasteiger partial charge >= 0.3 is 5.97 Å². The Morgan fingerprint density at radius 3 is 2.27 bits per heavy atom. The van der Waals surface area contributed by atoms with Crippen LogP contribution in [-0.2, 0) is 87.4 Å². The highest BCUT2D eigenvalue weighted by Crippen LogP contribution is 2.40. The van der Waals surface area contributed by atoms with Crippen molar-refractivity contribution in [3.05, 3.63) is 74.3 Å². The van der Waals surface area contributed by atoms with E-state index >= 15 is 0 Å². The molecule has 1 aromatic carbocycles. The van der Waals surface area contributed by atoms with Crippen molar-refractivity contribution in [2.24, 2.45) is 11.7 Å². The van der Waals surface area contributed by atoms with Crippen molar-refractivity contribution in [3.63, 3.8) is 0 Å². The molecule has 3 aliphatic rings. The number of benzene rings is 1. The van der Waals surface area contributed by atoms with Gasteiger partial charge in [-0.15, -0.1) is 0 Å². The summed E-state index contributed by atoms with van der Waals surface area (Å²) in [6, 6.07) is 1.98. The summed E-state index contributed by atoms with van der Waals surface area (Å²) in [6.07, 6.45) is 1.77. The van der Waals surface area contributed by atoms with Crippen molar-refractivity contribution in [3.8, 4) is 11.4 Å². The second-order valence-corrected chi connectivity index (χ2v) is 18.5. The van der Waals surface area contributed by atoms with Crippen LogP contribution in [0.2, 0.25) is 0 Å². The van der Waals surface area contributed by atoms with Crippen LogP contribution in [0.15, 0.2) is 35.1 Å². The maximum atomic E-state index is 14.9. The zero-order valence-corrected chi connectivity index (χ0v) is 42.1. The number of esters is 1. The van der Waals surface area contributed by atoms with Gasteiger partial charge in [-0.3, -0.25) is 48.1 Å². The lowest BCUT2D eigenvalue weighted by molar-refractivity contribution is -0.172. The van der Waals surface area contributed by atoms with Crippen molar-refractivity contribution >= 4 is 64.1 Å². The van der Waals surface area contributed by atoms with Gasteiger partial charge in [0.2, 0.25) is 35.4 Å². The molecule has 6 rings (SSSR count). The molecule has 24 nitrogen and oxygen atoms in total. The summed E-state index contributed by atoms with van der Waals surface area (Å²) in [5.41, 5.74) is 5.21. The van der Waals surface area contributed by atoms with Crippen molar-refractivity contribution in [1.29, 1.82) is 0 Å². The Morgan fingerprint density at radius 1 is 0.853 bits per heavy atom. The van der Waals surface area contributed by atoms with Crippen LogP contribution >= 0.6 is 0 Å². The first-order chi connectivity index (χ1) is 35.7. The lowest BCUT2D eigenvalue weighted by atomic mass is 9.86. The van der Waals surface area contributed by atoms with Crippen LogP contribution in [0.1, 0.15) is 87.1 Å². The molecular weight excluding hydrogens is 986 g/mol. The van der Waals surface area contributed by atoms with Crippen LogP contribution in [-0.4, -0.2) is 138 Å². The minimum atomic E-state index is -2.06. The van der Waals surface area contributed by atoms with Crippen LogP contribution in [0.25, 0.3) is 22.3 Å². The Morgan fingerprint density at radius 2 is 1.57 bits per heavy atom. The number of nitrogens with two attached hydrogens (primary N) is 1. The topological polar surface area (TPSA) is 335 Å². The van der Waals surface area contributed by atoms with E-state index in [1.165, 1.54) is 16.7 Å². The van der Waals surface area contributed by atoms with E-state index < -0.39 is 89.7 Å². The molecule has 0 saturated carbocycles. The molecule has 8 N–H and O–H groups in total. The third-order valence-electron chi connectivity index (χ3n) is 12.7. The van der Waals surface area contributed by atoms with E-state index in [4.69, 9.17) is 29.7 Å². The largest absolute Gasteiger partial charge is 0.458 e. The van der Waals surface area contributed by atoms with Gasteiger partial charge in [0, 0.05) is 73.6 Å². The summed E-state index contributed by atoms with van der Waals surface area (Å²) >= 11 is 0. The number of cyclic esters (lactones) is 1. The molecule has 3 aliphatic heterocycles. The normalized spacial score (nSPS) is 16.3. The molecule has 404 valence electrons. The van der Waals surface area contributed by atoms with Gasteiger partial charge in [-0.25, -0.2) is 14.2 Å². The number of pyridine rings is 2. The Kier molecular flexibility index (Phi) is 19.4. The second-order valence-electron chi connectivity index (χ2n) is 18.5. The first-order valence-corrected chi connectivity index (χ1v) is 24.5. The van der Waals surface area contributed by atoms with Gasteiger partial charge in [0.25, 0.3) is 17.4 Å². The molecule has 75 heavy (non-hydrogen) atoms. The van der Waals surface area contributed by atoms with Gasteiger partial charge in [-0.1, -0.05) is 20.8 Å². The number of nitrogens with one attached hydrogen (secondary N) is 5. The number of primary amides is 1. The Hall–Kier alpha value is -7.48. The molecule has 2 aromatic heterocycles. The first kappa shape index (κ1) is 56.8. The number of carbonyl (C=O) groups excluding carboxylic acids is 9. The van der Waals surface area contributed by atoms with E-state index in [0.717, 1.165) is 17.1 Å². The lowest BCUT2D eigenvalue weighted by Crippen LogP contribution is -2.54. The van der Waals surface area contributed by atoms with Gasteiger partial charge in [0.05, 0.1) is 55.4 Å². The van der Waals surface area contributed by atoms with E-state index in [9.17, 15) is 57.4 Å². The van der Waals surface area contributed by atoms with Crippen molar-refractivity contribution < 1.29 is 71.6 Å². The number of hydrogen-bond acceptors (Lipinski definition) is 16. The van der Waals surface area contributed by atoms with Crippen LogP contribution in [0, 0.1) is 18.7 Å². The van der Waals surface area contributed by atoms with Crippen LogP contribution in [0.4, 0.5) is 4.39 Å². The molecule has 3 aromatic rings. The highest BCUT2D eigenvalue weighted by molar-refractivity contribution is 6.13. The number of aromatic nitrogens is 2.